The van der Waals surface area contributed by atoms with Gasteiger partial charge in [-0.15, -0.1) is 0 Å². The Bertz CT molecular complexity index is 619. The summed E-state index contributed by atoms with van der Waals surface area (Å²) in [6.45, 7) is 3.79. The van der Waals surface area contributed by atoms with Crippen LogP contribution in [0.2, 0.25) is 5.02 Å². The summed E-state index contributed by atoms with van der Waals surface area (Å²) in [7, 11) is 1.58. The number of rotatable bonds is 2. The fourth-order valence-corrected chi connectivity index (χ4v) is 3.78. The Morgan fingerprint density at radius 3 is 2.42 bits per heavy atom. The second-order valence-electron chi connectivity index (χ2n) is 4.72. The highest BCUT2D eigenvalue weighted by atomic mass is 35.7. The number of amides is 1. The first-order valence-corrected chi connectivity index (χ1v) is 8.46. The van der Waals surface area contributed by atoms with Gasteiger partial charge in [0.05, 0.1) is 10.7 Å². The molecule has 1 saturated heterocycles. The number of anilines is 1. The lowest BCUT2D eigenvalue weighted by atomic mass is 10.1. The van der Waals surface area contributed by atoms with E-state index in [2.05, 4.69) is 0 Å². The molecule has 1 aliphatic rings. The topological polar surface area (TPSA) is 54.5 Å². The predicted octanol–water partition coefficient (Wildman–Crippen LogP) is 2.63. The molecular weight excluding hydrogens is 309 g/mol. The minimum absolute atomic E-state index is 0.0499. The number of hydrogen-bond donors (Lipinski definition) is 0. The van der Waals surface area contributed by atoms with E-state index in [1.54, 1.807) is 6.07 Å². The minimum atomic E-state index is -3.74. The lowest BCUT2D eigenvalue weighted by Gasteiger charge is -2.20. The molecule has 4 nitrogen and oxygen atoms in total. The summed E-state index contributed by atoms with van der Waals surface area (Å²) in [6.07, 6.45) is -0.102. The van der Waals surface area contributed by atoms with Gasteiger partial charge in [0.1, 0.15) is 5.25 Å². The number of aryl methyl sites for hydroxylation is 2. The maximum Gasteiger partial charge on any atom is 0.237 e. The molecule has 0 aromatic heterocycles. The first kappa shape index (κ1) is 14.6. The molecule has 1 heterocycles. The van der Waals surface area contributed by atoms with Crippen molar-refractivity contribution in [2.75, 3.05) is 11.4 Å². The molecule has 0 radical (unpaired) electrons. The number of carbonyl (C=O) groups is 1. The van der Waals surface area contributed by atoms with Gasteiger partial charge in [-0.05, 0) is 31.0 Å². The monoisotopic (exact) mass is 321 g/mol. The third kappa shape index (κ3) is 2.88. The Labute approximate surface area is 121 Å². The first-order chi connectivity index (χ1) is 8.70. The predicted molar refractivity (Wildman–Crippen MR) is 76.5 cm³/mol. The lowest BCUT2D eigenvalue weighted by molar-refractivity contribution is -0.117. The summed E-state index contributed by atoms with van der Waals surface area (Å²) in [4.78, 5) is 13.4. The van der Waals surface area contributed by atoms with E-state index in [0.29, 0.717) is 10.7 Å². The molecule has 1 aromatic rings. The highest BCUT2D eigenvalue weighted by Crippen LogP contribution is 2.35. The van der Waals surface area contributed by atoms with Crippen LogP contribution in [0.4, 0.5) is 5.69 Å². The van der Waals surface area contributed by atoms with Crippen molar-refractivity contribution in [1.82, 2.24) is 0 Å². The van der Waals surface area contributed by atoms with E-state index in [-0.39, 0.29) is 18.9 Å². The van der Waals surface area contributed by atoms with Gasteiger partial charge < -0.3 is 4.90 Å². The van der Waals surface area contributed by atoms with Crippen molar-refractivity contribution >= 4 is 42.9 Å². The van der Waals surface area contributed by atoms with Gasteiger partial charge in [-0.25, -0.2) is 8.42 Å². The smallest absolute Gasteiger partial charge is 0.237 e. The average Bonchev–Trinajstić information content (AvgIpc) is 2.59. The molecule has 1 aromatic carbocycles. The maximum atomic E-state index is 12.0. The quantitative estimate of drug-likeness (QED) is 0.787. The van der Waals surface area contributed by atoms with E-state index in [1.807, 2.05) is 19.9 Å². The van der Waals surface area contributed by atoms with Crippen LogP contribution in [0.3, 0.4) is 0 Å². The van der Waals surface area contributed by atoms with E-state index in [0.717, 1.165) is 11.1 Å². The van der Waals surface area contributed by atoms with Crippen LogP contribution in [0.5, 0.6) is 0 Å². The van der Waals surface area contributed by atoms with Crippen molar-refractivity contribution < 1.29 is 13.2 Å². The van der Waals surface area contributed by atoms with E-state index in [1.165, 1.54) is 4.90 Å². The Hall–Kier alpha value is -0.780. The highest BCUT2D eigenvalue weighted by molar-refractivity contribution is 8.14. The Kier molecular flexibility index (Phi) is 3.82. The number of nitrogens with zero attached hydrogens (tertiary/aromatic N) is 1. The van der Waals surface area contributed by atoms with Crippen molar-refractivity contribution in [3.8, 4) is 0 Å². The summed E-state index contributed by atoms with van der Waals surface area (Å²) < 4.78 is 22.7. The zero-order valence-electron chi connectivity index (χ0n) is 10.5. The molecule has 1 atom stereocenters. The van der Waals surface area contributed by atoms with E-state index in [4.69, 9.17) is 22.3 Å². The van der Waals surface area contributed by atoms with Crippen LogP contribution in [-0.4, -0.2) is 26.1 Å². The first-order valence-electron chi connectivity index (χ1n) is 5.70. The van der Waals surface area contributed by atoms with E-state index < -0.39 is 14.3 Å². The molecule has 0 aliphatic carbocycles. The molecule has 1 fully saturated rings. The van der Waals surface area contributed by atoms with Crippen molar-refractivity contribution in [1.29, 1.82) is 0 Å². The van der Waals surface area contributed by atoms with Crippen molar-refractivity contribution in [2.45, 2.75) is 25.5 Å². The fourth-order valence-electron chi connectivity index (χ4n) is 2.33. The van der Waals surface area contributed by atoms with Crippen LogP contribution >= 0.6 is 22.3 Å². The molecule has 1 unspecified atom stereocenters. The van der Waals surface area contributed by atoms with Crippen LogP contribution in [-0.2, 0) is 13.8 Å². The van der Waals surface area contributed by atoms with Crippen molar-refractivity contribution in [3.63, 3.8) is 0 Å². The summed E-state index contributed by atoms with van der Waals surface area (Å²) in [5.41, 5.74) is 2.39. The van der Waals surface area contributed by atoms with Gasteiger partial charge in [0.2, 0.25) is 15.0 Å². The van der Waals surface area contributed by atoms with Crippen LogP contribution < -0.4 is 4.90 Å². The third-order valence-corrected chi connectivity index (χ3v) is 5.31. The molecule has 0 N–H and O–H groups in total. The number of benzene rings is 1. The molecule has 1 aliphatic heterocycles. The normalized spacial score (nSPS) is 20.1. The summed E-state index contributed by atoms with van der Waals surface area (Å²) in [5.74, 6) is -0.275. The molecular formula is C12H13Cl2NO3S. The van der Waals surface area contributed by atoms with Gasteiger partial charge in [0, 0.05) is 23.6 Å². The lowest BCUT2D eigenvalue weighted by Crippen LogP contribution is -2.27. The molecule has 0 spiro atoms. The van der Waals surface area contributed by atoms with E-state index in [9.17, 15) is 13.2 Å². The number of carbonyl (C=O) groups excluding carboxylic acids is 1. The Morgan fingerprint density at radius 1 is 1.32 bits per heavy atom. The maximum absolute atomic E-state index is 12.0. The number of halogens is 2. The minimum Gasteiger partial charge on any atom is -0.309 e. The van der Waals surface area contributed by atoms with Gasteiger partial charge >= 0.3 is 0 Å². The highest BCUT2D eigenvalue weighted by Gasteiger charge is 2.39. The molecule has 1 amide bonds. The summed E-state index contributed by atoms with van der Waals surface area (Å²) in [6, 6.07) is 3.65. The molecule has 0 saturated carbocycles. The van der Waals surface area contributed by atoms with Crippen LogP contribution in [0.1, 0.15) is 17.5 Å². The Balaban J connectivity index is 2.42. The standard InChI is InChI=1S/C12H13Cl2NO3S/c1-7-3-8(2)12(10(13)4-7)15-6-9(5-11(15)16)19(14,17)18/h3-4,9H,5-6H2,1-2H3. The van der Waals surface area contributed by atoms with Gasteiger partial charge in [-0.2, -0.15) is 0 Å². The van der Waals surface area contributed by atoms with Crippen molar-refractivity contribution in [2.24, 2.45) is 0 Å². The van der Waals surface area contributed by atoms with Crippen molar-refractivity contribution in [3.05, 3.63) is 28.3 Å². The molecule has 2 rings (SSSR count). The molecule has 104 valence electrons. The summed E-state index contributed by atoms with van der Waals surface area (Å²) >= 11 is 6.17. The fraction of sp³-hybridized carbons (Fsp3) is 0.417. The van der Waals surface area contributed by atoms with Gasteiger partial charge in [0.25, 0.3) is 0 Å². The zero-order valence-corrected chi connectivity index (χ0v) is 12.8. The second kappa shape index (κ2) is 4.96. The van der Waals surface area contributed by atoms with Gasteiger partial charge in [-0.1, -0.05) is 17.7 Å². The SMILES string of the molecule is Cc1cc(C)c(N2CC(S(=O)(=O)Cl)CC2=O)c(Cl)c1. The van der Waals surface area contributed by atoms with Crippen LogP contribution in [0.15, 0.2) is 12.1 Å². The summed E-state index contributed by atoms with van der Waals surface area (Å²) in [5, 5.41) is -0.433. The third-order valence-electron chi connectivity index (χ3n) is 3.16. The Morgan fingerprint density at radius 2 is 1.95 bits per heavy atom. The second-order valence-corrected chi connectivity index (χ2v) is 8.03. The van der Waals surface area contributed by atoms with Crippen LogP contribution in [0.25, 0.3) is 0 Å². The largest absolute Gasteiger partial charge is 0.309 e. The van der Waals surface area contributed by atoms with Gasteiger partial charge in [-0.3, -0.25) is 4.79 Å². The molecule has 7 heteroatoms. The average molecular weight is 322 g/mol. The number of hydrogen-bond acceptors (Lipinski definition) is 3. The van der Waals surface area contributed by atoms with Gasteiger partial charge in [0.15, 0.2) is 0 Å². The van der Waals surface area contributed by atoms with Crippen LogP contribution in [0, 0.1) is 13.8 Å². The zero-order chi connectivity index (χ0) is 14.4. The van der Waals surface area contributed by atoms with E-state index >= 15 is 0 Å². The molecule has 0 bridgehead atoms. The molecule has 19 heavy (non-hydrogen) atoms.